The molecule has 96 valence electrons. The molecule has 0 radical (unpaired) electrons. The van der Waals surface area contributed by atoms with Gasteiger partial charge in [0.15, 0.2) is 11.6 Å². The van der Waals surface area contributed by atoms with Crippen LogP contribution in [0.4, 0.5) is 4.39 Å². The lowest BCUT2D eigenvalue weighted by atomic mass is 10.2. The number of rotatable bonds is 4. The molecule has 1 heterocycles. The number of aliphatic hydroxyl groups excluding tert-OH is 1. The maximum absolute atomic E-state index is 13.8. The molecule has 0 atom stereocenters. The predicted molar refractivity (Wildman–Crippen MR) is 69.3 cm³/mol. The van der Waals surface area contributed by atoms with Gasteiger partial charge in [-0.25, -0.2) is 4.39 Å². The van der Waals surface area contributed by atoms with Gasteiger partial charge in [0.2, 0.25) is 0 Å². The summed E-state index contributed by atoms with van der Waals surface area (Å²) in [4.78, 5) is 0. The average Bonchev–Trinajstić information content (AvgIpc) is 2.76. The molecule has 0 amide bonds. The zero-order valence-electron chi connectivity index (χ0n) is 9.90. The molecule has 0 aliphatic heterocycles. The minimum atomic E-state index is -0.354. The van der Waals surface area contributed by atoms with E-state index in [1.165, 1.54) is 6.07 Å². The van der Waals surface area contributed by atoms with Gasteiger partial charge in [0, 0.05) is 11.0 Å². The summed E-state index contributed by atoms with van der Waals surface area (Å²) < 4.78 is 16.3. The predicted octanol–water partition coefficient (Wildman–Crippen LogP) is 2.75. The van der Waals surface area contributed by atoms with Crippen LogP contribution in [0.15, 0.2) is 22.7 Å². The van der Waals surface area contributed by atoms with Gasteiger partial charge in [0.25, 0.3) is 0 Å². The Hall–Kier alpha value is -1.27. The molecule has 18 heavy (non-hydrogen) atoms. The summed E-state index contributed by atoms with van der Waals surface area (Å²) >= 11 is 3.31. The van der Waals surface area contributed by atoms with Crippen LogP contribution in [0, 0.1) is 5.82 Å². The number of halogens is 2. The third-order valence-electron chi connectivity index (χ3n) is 2.59. The van der Waals surface area contributed by atoms with Crippen molar-refractivity contribution in [1.82, 2.24) is 14.8 Å². The van der Waals surface area contributed by atoms with Crippen molar-refractivity contribution in [3.8, 4) is 11.4 Å². The SMILES string of the molecule is CCCn1c(CO)nnc1-c1cc(Br)ccc1F. The van der Waals surface area contributed by atoms with Crippen LogP contribution in [0.2, 0.25) is 0 Å². The van der Waals surface area contributed by atoms with Crippen molar-refractivity contribution in [3.05, 3.63) is 34.3 Å². The Kier molecular flexibility index (Phi) is 4.08. The van der Waals surface area contributed by atoms with E-state index in [1.807, 2.05) is 6.92 Å². The molecule has 0 spiro atoms. The molecule has 0 fully saturated rings. The summed E-state index contributed by atoms with van der Waals surface area (Å²) in [5, 5.41) is 17.1. The maximum Gasteiger partial charge on any atom is 0.167 e. The van der Waals surface area contributed by atoms with Crippen molar-refractivity contribution in [2.24, 2.45) is 0 Å². The van der Waals surface area contributed by atoms with Crippen LogP contribution in [-0.2, 0) is 13.2 Å². The summed E-state index contributed by atoms with van der Waals surface area (Å²) in [6, 6.07) is 4.67. The van der Waals surface area contributed by atoms with E-state index in [2.05, 4.69) is 26.1 Å². The molecule has 2 rings (SSSR count). The molecule has 1 aromatic carbocycles. The Labute approximate surface area is 113 Å². The molecule has 0 aliphatic carbocycles. The van der Waals surface area contributed by atoms with E-state index in [4.69, 9.17) is 0 Å². The van der Waals surface area contributed by atoms with E-state index in [9.17, 15) is 9.50 Å². The number of hydrogen-bond acceptors (Lipinski definition) is 3. The van der Waals surface area contributed by atoms with Crippen molar-refractivity contribution in [3.63, 3.8) is 0 Å². The fraction of sp³-hybridized carbons (Fsp3) is 0.333. The second-order valence-electron chi connectivity index (χ2n) is 3.87. The van der Waals surface area contributed by atoms with Crippen molar-refractivity contribution >= 4 is 15.9 Å². The fourth-order valence-corrected chi connectivity index (χ4v) is 2.14. The van der Waals surface area contributed by atoms with Gasteiger partial charge in [-0.1, -0.05) is 22.9 Å². The molecular weight excluding hydrogens is 301 g/mol. The van der Waals surface area contributed by atoms with Crippen LogP contribution in [0.25, 0.3) is 11.4 Å². The van der Waals surface area contributed by atoms with Gasteiger partial charge >= 0.3 is 0 Å². The monoisotopic (exact) mass is 313 g/mol. The van der Waals surface area contributed by atoms with Crippen LogP contribution in [0.3, 0.4) is 0 Å². The van der Waals surface area contributed by atoms with Gasteiger partial charge < -0.3 is 9.67 Å². The first-order valence-electron chi connectivity index (χ1n) is 5.65. The van der Waals surface area contributed by atoms with E-state index in [1.54, 1.807) is 16.7 Å². The van der Waals surface area contributed by atoms with Gasteiger partial charge in [-0.2, -0.15) is 0 Å². The molecule has 6 heteroatoms. The van der Waals surface area contributed by atoms with E-state index in [0.717, 1.165) is 10.9 Å². The van der Waals surface area contributed by atoms with E-state index in [0.29, 0.717) is 23.8 Å². The molecular formula is C12H13BrFN3O. The van der Waals surface area contributed by atoms with E-state index >= 15 is 0 Å². The topological polar surface area (TPSA) is 50.9 Å². The largest absolute Gasteiger partial charge is 0.388 e. The molecule has 1 N–H and O–H groups in total. The standard InChI is InChI=1S/C12H13BrFN3O/c1-2-5-17-11(7-18)15-16-12(17)9-6-8(13)3-4-10(9)14/h3-4,6,18H,2,5,7H2,1H3. The maximum atomic E-state index is 13.8. The molecule has 2 aromatic rings. The lowest BCUT2D eigenvalue weighted by Crippen LogP contribution is -2.06. The van der Waals surface area contributed by atoms with E-state index in [-0.39, 0.29) is 12.4 Å². The van der Waals surface area contributed by atoms with Crippen LogP contribution >= 0.6 is 15.9 Å². The minimum Gasteiger partial charge on any atom is -0.388 e. The minimum absolute atomic E-state index is 0.206. The summed E-state index contributed by atoms with van der Waals surface area (Å²) in [7, 11) is 0. The van der Waals surface area contributed by atoms with Crippen molar-refractivity contribution in [2.75, 3.05) is 0 Å². The van der Waals surface area contributed by atoms with Gasteiger partial charge in [-0.05, 0) is 24.6 Å². The molecule has 0 saturated heterocycles. The molecule has 0 bridgehead atoms. The Morgan fingerprint density at radius 3 is 2.83 bits per heavy atom. The van der Waals surface area contributed by atoms with Crippen LogP contribution in [0.5, 0.6) is 0 Å². The first kappa shape index (κ1) is 13.2. The van der Waals surface area contributed by atoms with Gasteiger partial charge in [0.05, 0.1) is 5.56 Å². The first-order valence-corrected chi connectivity index (χ1v) is 6.45. The number of aromatic nitrogens is 3. The Morgan fingerprint density at radius 1 is 1.39 bits per heavy atom. The summed E-state index contributed by atoms with van der Waals surface area (Å²) in [5.74, 6) is 0.540. The fourth-order valence-electron chi connectivity index (χ4n) is 1.78. The van der Waals surface area contributed by atoms with Crippen LogP contribution in [0.1, 0.15) is 19.2 Å². The third-order valence-corrected chi connectivity index (χ3v) is 3.08. The highest BCUT2D eigenvalue weighted by Gasteiger charge is 2.16. The zero-order valence-corrected chi connectivity index (χ0v) is 11.5. The Balaban J connectivity index is 2.56. The third kappa shape index (κ3) is 2.44. The average molecular weight is 314 g/mol. The van der Waals surface area contributed by atoms with Crippen LogP contribution < -0.4 is 0 Å². The van der Waals surface area contributed by atoms with Gasteiger partial charge in [-0.3, -0.25) is 0 Å². The highest BCUT2D eigenvalue weighted by atomic mass is 79.9. The van der Waals surface area contributed by atoms with Crippen molar-refractivity contribution in [2.45, 2.75) is 26.5 Å². The second kappa shape index (κ2) is 5.58. The number of hydrogen-bond donors (Lipinski definition) is 1. The molecule has 0 unspecified atom stereocenters. The highest BCUT2D eigenvalue weighted by Crippen LogP contribution is 2.25. The Bertz CT molecular complexity index is 556. The number of benzene rings is 1. The molecule has 1 aromatic heterocycles. The van der Waals surface area contributed by atoms with Gasteiger partial charge in [0.1, 0.15) is 12.4 Å². The molecule has 4 nitrogen and oxygen atoms in total. The number of aliphatic hydroxyl groups is 1. The molecule has 0 aliphatic rings. The smallest absolute Gasteiger partial charge is 0.167 e. The molecule has 0 saturated carbocycles. The first-order chi connectivity index (χ1) is 8.67. The van der Waals surface area contributed by atoms with Crippen molar-refractivity contribution in [1.29, 1.82) is 0 Å². The highest BCUT2D eigenvalue weighted by molar-refractivity contribution is 9.10. The van der Waals surface area contributed by atoms with Crippen molar-refractivity contribution < 1.29 is 9.50 Å². The summed E-state index contributed by atoms with van der Waals surface area (Å²) in [6.07, 6.45) is 0.855. The van der Waals surface area contributed by atoms with Crippen LogP contribution in [-0.4, -0.2) is 19.9 Å². The quantitative estimate of drug-likeness (QED) is 0.944. The second-order valence-corrected chi connectivity index (χ2v) is 4.79. The lowest BCUT2D eigenvalue weighted by molar-refractivity contribution is 0.264. The summed E-state index contributed by atoms with van der Waals surface area (Å²) in [6.45, 7) is 2.44. The normalized spacial score (nSPS) is 10.9. The number of nitrogens with zero attached hydrogens (tertiary/aromatic N) is 3. The lowest BCUT2D eigenvalue weighted by Gasteiger charge is -2.08. The van der Waals surface area contributed by atoms with E-state index < -0.39 is 0 Å². The van der Waals surface area contributed by atoms with Gasteiger partial charge in [-0.15, -0.1) is 10.2 Å². The Morgan fingerprint density at radius 2 is 2.17 bits per heavy atom. The zero-order chi connectivity index (χ0) is 13.1. The summed E-state index contributed by atoms with van der Waals surface area (Å²) in [5.41, 5.74) is 0.380.